The summed E-state index contributed by atoms with van der Waals surface area (Å²) in [6.45, 7) is 1.87. The van der Waals surface area contributed by atoms with Gasteiger partial charge >= 0.3 is 5.97 Å². The molecule has 4 nitrogen and oxygen atoms in total. The Bertz CT molecular complexity index is 423. The molecule has 0 amide bonds. The van der Waals surface area contributed by atoms with Gasteiger partial charge in [0.05, 0.1) is 13.0 Å². The van der Waals surface area contributed by atoms with Gasteiger partial charge in [0.15, 0.2) is 0 Å². The van der Waals surface area contributed by atoms with E-state index in [4.69, 9.17) is 22.1 Å². The summed E-state index contributed by atoms with van der Waals surface area (Å²) in [7, 11) is 1.54. The maximum absolute atomic E-state index is 11.2. The summed E-state index contributed by atoms with van der Waals surface area (Å²) < 4.78 is 5.20. The Kier molecular flexibility index (Phi) is 5.44. The smallest absolute Gasteiger partial charge is 0.308 e. The van der Waals surface area contributed by atoms with Crippen LogP contribution in [0.25, 0.3) is 0 Å². The zero-order valence-corrected chi connectivity index (χ0v) is 11.3. The molecule has 2 unspecified atom stereocenters. The number of hydrogen-bond donors (Lipinski definition) is 2. The number of carboxylic acids is 1. The van der Waals surface area contributed by atoms with E-state index in [0.29, 0.717) is 23.6 Å². The maximum atomic E-state index is 11.2. The molecule has 0 aromatic heterocycles. The van der Waals surface area contributed by atoms with Gasteiger partial charge in [-0.1, -0.05) is 18.5 Å². The topological polar surface area (TPSA) is 72.5 Å². The average Bonchev–Trinajstić information content (AvgIpc) is 2.34. The lowest BCUT2D eigenvalue weighted by Crippen LogP contribution is -2.36. The Morgan fingerprint density at radius 3 is 2.72 bits per heavy atom. The van der Waals surface area contributed by atoms with E-state index in [1.807, 2.05) is 6.92 Å². The minimum Gasteiger partial charge on any atom is -0.496 e. The predicted molar refractivity (Wildman–Crippen MR) is 71.1 cm³/mol. The molecule has 0 aliphatic heterocycles. The van der Waals surface area contributed by atoms with Gasteiger partial charge in [-0.3, -0.25) is 4.79 Å². The third-order valence-corrected chi connectivity index (χ3v) is 3.22. The number of hydrogen-bond acceptors (Lipinski definition) is 3. The molecule has 100 valence electrons. The van der Waals surface area contributed by atoms with Gasteiger partial charge in [-0.25, -0.2) is 0 Å². The molecule has 0 radical (unpaired) electrons. The molecule has 0 heterocycles. The highest BCUT2D eigenvalue weighted by Gasteiger charge is 2.25. The Labute approximate surface area is 112 Å². The van der Waals surface area contributed by atoms with Crippen LogP contribution >= 0.6 is 11.6 Å². The second-order valence-corrected chi connectivity index (χ2v) is 4.61. The van der Waals surface area contributed by atoms with Crippen molar-refractivity contribution in [2.75, 3.05) is 7.11 Å². The number of rotatable bonds is 6. The second-order valence-electron chi connectivity index (χ2n) is 4.18. The van der Waals surface area contributed by atoms with Crippen molar-refractivity contribution in [2.24, 2.45) is 11.7 Å². The normalized spacial score (nSPS) is 14.0. The summed E-state index contributed by atoms with van der Waals surface area (Å²) in [4.78, 5) is 11.2. The number of methoxy groups -OCH3 is 1. The van der Waals surface area contributed by atoms with E-state index < -0.39 is 11.9 Å². The molecule has 1 aromatic carbocycles. The Morgan fingerprint density at radius 2 is 2.22 bits per heavy atom. The number of carbonyl (C=O) groups is 1. The van der Waals surface area contributed by atoms with Crippen LogP contribution in [-0.2, 0) is 11.2 Å². The third-order valence-electron chi connectivity index (χ3n) is 2.99. The fourth-order valence-electron chi connectivity index (χ4n) is 1.85. The molecule has 0 saturated carbocycles. The molecule has 3 N–H and O–H groups in total. The standard InChI is InChI=1S/C13H18ClNO3/c1-3-11(15)10(13(16)17)7-8-6-9(14)4-5-12(8)18-2/h4-6,10-11H,3,7,15H2,1-2H3,(H,16,17). The van der Waals surface area contributed by atoms with Crippen LogP contribution in [0.3, 0.4) is 0 Å². The molecule has 0 aliphatic carbocycles. The van der Waals surface area contributed by atoms with Crippen LogP contribution in [0.2, 0.25) is 5.02 Å². The molecular weight excluding hydrogens is 254 g/mol. The number of carboxylic acid groups (broad SMARTS) is 1. The predicted octanol–water partition coefficient (Wildman–Crippen LogP) is 2.33. The molecule has 0 saturated heterocycles. The van der Waals surface area contributed by atoms with Crippen molar-refractivity contribution in [1.82, 2.24) is 0 Å². The maximum Gasteiger partial charge on any atom is 0.308 e. The molecule has 1 rings (SSSR count). The fraction of sp³-hybridized carbons (Fsp3) is 0.462. The number of benzene rings is 1. The van der Waals surface area contributed by atoms with Crippen molar-refractivity contribution in [3.8, 4) is 5.75 Å². The van der Waals surface area contributed by atoms with Gasteiger partial charge < -0.3 is 15.6 Å². The fourth-order valence-corrected chi connectivity index (χ4v) is 2.04. The van der Waals surface area contributed by atoms with E-state index in [2.05, 4.69) is 0 Å². The first-order chi connectivity index (χ1) is 8.49. The molecule has 0 bridgehead atoms. The zero-order chi connectivity index (χ0) is 13.7. The third kappa shape index (κ3) is 3.62. The molecule has 1 aromatic rings. The minimum atomic E-state index is -0.897. The van der Waals surface area contributed by atoms with Crippen molar-refractivity contribution in [3.05, 3.63) is 28.8 Å². The molecule has 0 aliphatic rings. The van der Waals surface area contributed by atoms with Crippen molar-refractivity contribution >= 4 is 17.6 Å². The quantitative estimate of drug-likeness (QED) is 0.833. The van der Waals surface area contributed by atoms with Crippen LogP contribution in [0.1, 0.15) is 18.9 Å². The van der Waals surface area contributed by atoms with Crippen molar-refractivity contribution in [1.29, 1.82) is 0 Å². The second kappa shape index (κ2) is 6.61. The Morgan fingerprint density at radius 1 is 1.56 bits per heavy atom. The highest BCUT2D eigenvalue weighted by Crippen LogP contribution is 2.26. The van der Waals surface area contributed by atoms with Crippen LogP contribution in [0.4, 0.5) is 0 Å². The van der Waals surface area contributed by atoms with Crippen LogP contribution in [0, 0.1) is 5.92 Å². The average molecular weight is 272 g/mol. The summed E-state index contributed by atoms with van der Waals surface area (Å²) in [5.41, 5.74) is 6.61. The number of aliphatic carboxylic acids is 1. The summed E-state index contributed by atoms with van der Waals surface area (Å²) >= 11 is 5.92. The van der Waals surface area contributed by atoms with Gasteiger partial charge in [-0.15, -0.1) is 0 Å². The molecule has 2 atom stereocenters. The van der Waals surface area contributed by atoms with Crippen LogP contribution in [0.15, 0.2) is 18.2 Å². The van der Waals surface area contributed by atoms with Gasteiger partial charge in [-0.05, 0) is 36.6 Å². The van der Waals surface area contributed by atoms with E-state index in [0.717, 1.165) is 5.56 Å². The SMILES string of the molecule is CCC(N)C(Cc1cc(Cl)ccc1OC)C(=O)O. The summed E-state index contributed by atoms with van der Waals surface area (Å²) in [6.07, 6.45) is 0.925. The first kappa shape index (κ1) is 14.8. The van der Waals surface area contributed by atoms with Crippen LogP contribution < -0.4 is 10.5 Å². The molecule has 0 fully saturated rings. The van der Waals surface area contributed by atoms with Crippen LogP contribution in [-0.4, -0.2) is 24.2 Å². The lowest BCUT2D eigenvalue weighted by Gasteiger charge is -2.20. The highest BCUT2D eigenvalue weighted by molar-refractivity contribution is 6.30. The van der Waals surface area contributed by atoms with Crippen molar-refractivity contribution < 1.29 is 14.6 Å². The number of nitrogens with two attached hydrogens (primary N) is 1. The van der Waals surface area contributed by atoms with Gasteiger partial charge in [0.25, 0.3) is 0 Å². The summed E-state index contributed by atoms with van der Waals surface area (Å²) in [5, 5.41) is 9.77. The molecule has 0 spiro atoms. The van der Waals surface area contributed by atoms with Gasteiger partial charge in [0, 0.05) is 11.1 Å². The first-order valence-corrected chi connectivity index (χ1v) is 6.18. The van der Waals surface area contributed by atoms with Crippen LogP contribution in [0.5, 0.6) is 5.75 Å². The molecular formula is C13H18ClNO3. The van der Waals surface area contributed by atoms with Gasteiger partial charge in [0.1, 0.15) is 5.75 Å². The van der Waals surface area contributed by atoms with E-state index in [-0.39, 0.29) is 6.04 Å². The summed E-state index contributed by atoms with van der Waals surface area (Å²) in [5.74, 6) is -0.900. The molecule has 18 heavy (non-hydrogen) atoms. The van der Waals surface area contributed by atoms with E-state index in [1.54, 1.807) is 25.3 Å². The first-order valence-electron chi connectivity index (χ1n) is 5.80. The van der Waals surface area contributed by atoms with Crippen molar-refractivity contribution in [3.63, 3.8) is 0 Å². The number of halogens is 1. The molecule has 5 heteroatoms. The van der Waals surface area contributed by atoms with E-state index in [1.165, 1.54) is 0 Å². The van der Waals surface area contributed by atoms with Crippen molar-refractivity contribution in [2.45, 2.75) is 25.8 Å². The number of ether oxygens (including phenoxy) is 1. The zero-order valence-electron chi connectivity index (χ0n) is 10.5. The van der Waals surface area contributed by atoms with Gasteiger partial charge in [0.2, 0.25) is 0 Å². The van der Waals surface area contributed by atoms with Gasteiger partial charge in [-0.2, -0.15) is 0 Å². The minimum absolute atomic E-state index is 0.314. The Balaban J connectivity index is 2.99. The monoisotopic (exact) mass is 271 g/mol. The lowest BCUT2D eigenvalue weighted by molar-refractivity contribution is -0.142. The highest BCUT2D eigenvalue weighted by atomic mass is 35.5. The summed E-state index contributed by atoms with van der Waals surface area (Å²) in [6, 6.07) is 4.78. The lowest BCUT2D eigenvalue weighted by atomic mass is 9.91. The largest absolute Gasteiger partial charge is 0.496 e. The Hall–Kier alpha value is -1.26. The van der Waals surface area contributed by atoms with E-state index >= 15 is 0 Å². The van der Waals surface area contributed by atoms with E-state index in [9.17, 15) is 9.90 Å².